The van der Waals surface area contributed by atoms with Crippen molar-refractivity contribution in [1.29, 1.82) is 0 Å². The van der Waals surface area contributed by atoms with E-state index in [9.17, 15) is 0 Å². The molecule has 0 aliphatic carbocycles. The van der Waals surface area contributed by atoms with Gasteiger partial charge in [0, 0.05) is 12.7 Å². The van der Waals surface area contributed by atoms with Crippen molar-refractivity contribution in [2.24, 2.45) is 5.16 Å². The highest BCUT2D eigenvalue weighted by Gasteiger charge is 2.10. The van der Waals surface area contributed by atoms with Crippen LogP contribution in [0.15, 0.2) is 47.6 Å². The van der Waals surface area contributed by atoms with Crippen molar-refractivity contribution in [2.45, 2.75) is 6.29 Å². The van der Waals surface area contributed by atoms with Gasteiger partial charge >= 0.3 is 0 Å². The van der Waals surface area contributed by atoms with Gasteiger partial charge in [0.15, 0.2) is 0 Å². The molecule has 0 spiro atoms. The quantitative estimate of drug-likeness (QED) is 0.712. The second-order valence-corrected chi connectivity index (χ2v) is 2.91. The average molecular weight is 189 g/mol. The minimum Gasteiger partial charge on any atom is -0.359 e. The lowest BCUT2D eigenvalue weighted by Crippen LogP contribution is -2.15. The van der Waals surface area contributed by atoms with E-state index in [0.29, 0.717) is 0 Å². The first-order valence-electron chi connectivity index (χ1n) is 4.40. The summed E-state index contributed by atoms with van der Waals surface area (Å²) in [7, 11) is 1.58. The summed E-state index contributed by atoms with van der Waals surface area (Å²) in [5.74, 6) is 0. The summed E-state index contributed by atoms with van der Waals surface area (Å²) in [4.78, 5) is 5.07. The number of hydrogen-bond acceptors (Lipinski definition) is 3. The molecular formula is C11H11NO2. The molecule has 0 amide bonds. The van der Waals surface area contributed by atoms with E-state index in [1.807, 2.05) is 42.5 Å². The van der Waals surface area contributed by atoms with Gasteiger partial charge in [-0.2, -0.15) is 0 Å². The largest absolute Gasteiger partial charge is 0.359 e. The fraction of sp³-hybridized carbons (Fsp3) is 0.182. The normalized spacial score (nSPS) is 20.1. The molecule has 3 nitrogen and oxygen atoms in total. The van der Waals surface area contributed by atoms with Gasteiger partial charge in [-0.1, -0.05) is 35.5 Å². The van der Waals surface area contributed by atoms with Crippen LogP contribution in [0.3, 0.4) is 0 Å². The van der Waals surface area contributed by atoms with Crippen molar-refractivity contribution in [2.75, 3.05) is 7.11 Å². The zero-order chi connectivity index (χ0) is 9.80. The van der Waals surface area contributed by atoms with Crippen LogP contribution in [0.5, 0.6) is 0 Å². The van der Waals surface area contributed by atoms with Crippen LogP contribution >= 0.6 is 0 Å². The second-order valence-electron chi connectivity index (χ2n) is 2.91. The Labute approximate surface area is 82.6 Å². The van der Waals surface area contributed by atoms with Gasteiger partial charge in [-0.15, -0.1) is 0 Å². The molecular weight excluding hydrogens is 178 g/mol. The minimum absolute atomic E-state index is 0.359. The smallest absolute Gasteiger partial charge is 0.246 e. The van der Waals surface area contributed by atoms with Crippen LogP contribution in [-0.4, -0.2) is 19.1 Å². The number of hydrogen-bond donors (Lipinski definition) is 0. The molecule has 0 aromatic heterocycles. The van der Waals surface area contributed by atoms with Crippen LogP contribution in [-0.2, 0) is 9.57 Å². The third-order valence-corrected chi connectivity index (χ3v) is 1.97. The fourth-order valence-corrected chi connectivity index (χ4v) is 1.22. The number of allylic oxidation sites excluding steroid dienone is 1. The number of methoxy groups -OCH3 is 1. The van der Waals surface area contributed by atoms with Crippen molar-refractivity contribution < 1.29 is 9.57 Å². The Morgan fingerprint density at radius 1 is 1.29 bits per heavy atom. The summed E-state index contributed by atoms with van der Waals surface area (Å²) in [5.41, 5.74) is 1.86. The molecule has 0 N–H and O–H groups in total. The summed E-state index contributed by atoms with van der Waals surface area (Å²) >= 11 is 0. The van der Waals surface area contributed by atoms with Crippen molar-refractivity contribution in [3.8, 4) is 0 Å². The Morgan fingerprint density at radius 3 is 2.64 bits per heavy atom. The molecule has 1 aromatic carbocycles. The Hall–Kier alpha value is -1.61. The maximum atomic E-state index is 5.07. The number of nitrogens with zero attached hydrogens (tertiary/aromatic N) is 1. The monoisotopic (exact) mass is 189 g/mol. The Morgan fingerprint density at radius 2 is 2.07 bits per heavy atom. The molecule has 1 unspecified atom stereocenters. The van der Waals surface area contributed by atoms with E-state index in [1.165, 1.54) is 0 Å². The highest BCUT2D eigenvalue weighted by molar-refractivity contribution is 6.08. The molecule has 0 bridgehead atoms. The van der Waals surface area contributed by atoms with Gasteiger partial charge in [0.25, 0.3) is 0 Å². The molecule has 0 saturated heterocycles. The van der Waals surface area contributed by atoms with Crippen molar-refractivity contribution in [1.82, 2.24) is 0 Å². The van der Waals surface area contributed by atoms with Crippen LogP contribution in [0.4, 0.5) is 0 Å². The van der Waals surface area contributed by atoms with Gasteiger partial charge in [0.05, 0.1) is 0 Å². The fourth-order valence-electron chi connectivity index (χ4n) is 1.22. The first kappa shape index (κ1) is 8.97. The Balaban J connectivity index is 2.16. The third-order valence-electron chi connectivity index (χ3n) is 1.97. The minimum atomic E-state index is -0.359. The van der Waals surface area contributed by atoms with Crippen LogP contribution in [0.1, 0.15) is 5.56 Å². The second kappa shape index (κ2) is 4.07. The third kappa shape index (κ3) is 1.83. The highest BCUT2D eigenvalue weighted by Crippen LogP contribution is 2.09. The van der Waals surface area contributed by atoms with Crippen molar-refractivity contribution in [3.05, 3.63) is 48.0 Å². The number of ether oxygens (including phenoxy) is 1. The number of oxime groups is 1. The lowest BCUT2D eigenvalue weighted by Gasteiger charge is -2.13. The lowest BCUT2D eigenvalue weighted by atomic mass is 10.1. The van der Waals surface area contributed by atoms with Crippen LogP contribution < -0.4 is 0 Å². The van der Waals surface area contributed by atoms with E-state index in [4.69, 9.17) is 9.57 Å². The molecule has 1 aromatic rings. The maximum absolute atomic E-state index is 5.07. The maximum Gasteiger partial charge on any atom is 0.246 e. The Kier molecular flexibility index (Phi) is 2.60. The molecule has 1 heterocycles. The number of benzene rings is 1. The van der Waals surface area contributed by atoms with Gasteiger partial charge < -0.3 is 9.57 Å². The zero-order valence-electron chi connectivity index (χ0n) is 7.88. The molecule has 2 rings (SSSR count). The molecule has 1 aliphatic heterocycles. The van der Waals surface area contributed by atoms with Gasteiger partial charge in [-0.05, 0) is 12.2 Å². The number of rotatable bonds is 2. The van der Waals surface area contributed by atoms with E-state index < -0.39 is 0 Å². The average Bonchev–Trinajstić information content (AvgIpc) is 2.30. The zero-order valence-corrected chi connectivity index (χ0v) is 7.88. The van der Waals surface area contributed by atoms with Gasteiger partial charge in [-0.25, -0.2) is 0 Å². The van der Waals surface area contributed by atoms with E-state index in [1.54, 1.807) is 7.11 Å². The molecule has 72 valence electrons. The molecule has 0 fully saturated rings. The Bertz CT molecular complexity index is 357. The summed E-state index contributed by atoms with van der Waals surface area (Å²) in [5, 5.41) is 3.96. The van der Waals surface area contributed by atoms with Crippen LogP contribution in [0.25, 0.3) is 0 Å². The molecule has 0 saturated carbocycles. The molecule has 3 heteroatoms. The summed E-state index contributed by atoms with van der Waals surface area (Å²) in [6.45, 7) is 0. The first-order chi connectivity index (χ1) is 6.90. The molecule has 0 radical (unpaired) electrons. The van der Waals surface area contributed by atoms with Gasteiger partial charge in [0.2, 0.25) is 6.29 Å². The van der Waals surface area contributed by atoms with E-state index in [0.717, 1.165) is 11.3 Å². The molecule has 14 heavy (non-hydrogen) atoms. The van der Waals surface area contributed by atoms with E-state index in [-0.39, 0.29) is 6.29 Å². The summed E-state index contributed by atoms with van der Waals surface area (Å²) in [6.07, 6.45) is 3.37. The highest BCUT2D eigenvalue weighted by atomic mass is 16.8. The first-order valence-corrected chi connectivity index (χ1v) is 4.40. The van der Waals surface area contributed by atoms with Gasteiger partial charge in [0.1, 0.15) is 5.71 Å². The predicted molar refractivity (Wildman–Crippen MR) is 54.0 cm³/mol. The summed E-state index contributed by atoms with van der Waals surface area (Å²) in [6, 6.07) is 9.87. The molecule has 1 aliphatic rings. The SMILES string of the molecule is COC1C=CC(c2ccccc2)=NO1. The van der Waals surface area contributed by atoms with E-state index >= 15 is 0 Å². The summed E-state index contributed by atoms with van der Waals surface area (Å²) < 4.78 is 4.96. The van der Waals surface area contributed by atoms with Crippen LogP contribution in [0.2, 0.25) is 0 Å². The van der Waals surface area contributed by atoms with Crippen molar-refractivity contribution >= 4 is 5.71 Å². The van der Waals surface area contributed by atoms with Crippen LogP contribution in [0, 0.1) is 0 Å². The predicted octanol–water partition coefficient (Wildman–Crippen LogP) is 1.95. The van der Waals surface area contributed by atoms with E-state index in [2.05, 4.69) is 5.16 Å². The topological polar surface area (TPSA) is 30.8 Å². The van der Waals surface area contributed by atoms with Crippen molar-refractivity contribution in [3.63, 3.8) is 0 Å². The standard InChI is InChI=1S/C11H11NO2/c1-13-11-8-7-10(12-14-11)9-5-3-2-4-6-9/h2-8,11H,1H3. The lowest BCUT2D eigenvalue weighted by molar-refractivity contribution is -0.0911. The molecule has 1 atom stereocenters. The van der Waals surface area contributed by atoms with Gasteiger partial charge in [-0.3, -0.25) is 0 Å².